The molecule has 0 aliphatic heterocycles. The Bertz CT molecular complexity index is 407. The molecule has 1 aromatic carbocycles. The first-order chi connectivity index (χ1) is 7.97. The molecule has 17 heavy (non-hydrogen) atoms. The van der Waals surface area contributed by atoms with Crippen LogP contribution < -0.4 is 0 Å². The van der Waals surface area contributed by atoms with Crippen LogP contribution in [0.3, 0.4) is 0 Å². The SMILES string of the molecule is CC(C)N(CCBr)C(=O)c1cc(O)ccc1O. The first kappa shape index (κ1) is 13.8. The fraction of sp³-hybridized carbons (Fsp3) is 0.417. The number of carbonyl (C=O) groups is 1. The Kier molecular flexibility index (Phi) is 4.81. The number of aromatic hydroxyl groups is 2. The van der Waals surface area contributed by atoms with Crippen molar-refractivity contribution in [3.05, 3.63) is 23.8 Å². The number of rotatable bonds is 4. The Balaban J connectivity index is 3.04. The van der Waals surface area contributed by atoms with Gasteiger partial charge in [-0.2, -0.15) is 0 Å². The molecule has 0 heterocycles. The summed E-state index contributed by atoms with van der Waals surface area (Å²) in [6.45, 7) is 4.35. The lowest BCUT2D eigenvalue weighted by Gasteiger charge is -2.26. The number of phenolic OH excluding ortho intramolecular Hbond substituents is 2. The third-order valence-corrected chi connectivity index (χ3v) is 2.77. The molecular weight excluding hydrogens is 286 g/mol. The molecule has 0 fully saturated rings. The maximum absolute atomic E-state index is 12.2. The third-order valence-electron chi connectivity index (χ3n) is 2.42. The van der Waals surface area contributed by atoms with Gasteiger partial charge in [-0.15, -0.1) is 0 Å². The Morgan fingerprint density at radius 2 is 2.06 bits per heavy atom. The minimum Gasteiger partial charge on any atom is -0.508 e. The van der Waals surface area contributed by atoms with Crippen molar-refractivity contribution in [3.8, 4) is 11.5 Å². The van der Waals surface area contributed by atoms with Gasteiger partial charge in [0.1, 0.15) is 11.5 Å². The second-order valence-electron chi connectivity index (χ2n) is 3.98. The molecule has 0 atom stereocenters. The number of hydrogen-bond donors (Lipinski definition) is 2. The largest absolute Gasteiger partial charge is 0.508 e. The van der Waals surface area contributed by atoms with Gasteiger partial charge in [0.05, 0.1) is 5.56 Å². The summed E-state index contributed by atoms with van der Waals surface area (Å²) >= 11 is 3.29. The topological polar surface area (TPSA) is 60.8 Å². The van der Waals surface area contributed by atoms with Crippen LogP contribution in [0.2, 0.25) is 0 Å². The van der Waals surface area contributed by atoms with Crippen molar-refractivity contribution in [2.75, 3.05) is 11.9 Å². The normalized spacial score (nSPS) is 10.6. The van der Waals surface area contributed by atoms with Crippen LogP contribution in [-0.2, 0) is 0 Å². The molecule has 0 radical (unpaired) electrons. The van der Waals surface area contributed by atoms with Crippen LogP contribution in [-0.4, -0.2) is 38.9 Å². The zero-order chi connectivity index (χ0) is 13.0. The van der Waals surface area contributed by atoms with Crippen molar-refractivity contribution in [3.63, 3.8) is 0 Å². The summed E-state index contributed by atoms with van der Waals surface area (Å²) in [5, 5.41) is 19.6. The standard InChI is InChI=1S/C12H16BrNO3/c1-8(2)14(6-5-13)12(17)10-7-9(15)3-4-11(10)16/h3-4,7-8,15-16H,5-6H2,1-2H3. The summed E-state index contributed by atoms with van der Waals surface area (Å²) in [5.41, 5.74) is 0.125. The minimum atomic E-state index is -0.284. The van der Waals surface area contributed by atoms with Gasteiger partial charge < -0.3 is 15.1 Å². The van der Waals surface area contributed by atoms with Gasteiger partial charge in [0.15, 0.2) is 0 Å². The maximum Gasteiger partial charge on any atom is 0.258 e. The molecule has 1 aromatic rings. The van der Waals surface area contributed by atoms with E-state index in [1.54, 1.807) is 4.90 Å². The lowest BCUT2D eigenvalue weighted by molar-refractivity contribution is 0.0716. The Morgan fingerprint density at radius 1 is 1.41 bits per heavy atom. The van der Waals surface area contributed by atoms with Crippen molar-refractivity contribution in [1.29, 1.82) is 0 Å². The van der Waals surface area contributed by atoms with Crippen molar-refractivity contribution in [2.45, 2.75) is 19.9 Å². The summed E-state index contributed by atoms with van der Waals surface area (Å²) < 4.78 is 0. The van der Waals surface area contributed by atoms with Crippen LogP contribution in [0.15, 0.2) is 18.2 Å². The molecule has 1 amide bonds. The predicted molar refractivity (Wildman–Crippen MR) is 69.7 cm³/mol. The first-order valence-electron chi connectivity index (χ1n) is 5.36. The van der Waals surface area contributed by atoms with Crippen molar-refractivity contribution in [2.24, 2.45) is 0 Å². The molecule has 0 aliphatic carbocycles. The number of alkyl halides is 1. The van der Waals surface area contributed by atoms with E-state index < -0.39 is 0 Å². The molecule has 0 saturated carbocycles. The van der Waals surface area contributed by atoms with Crippen LogP contribution in [0.25, 0.3) is 0 Å². The highest BCUT2D eigenvalue weighted by Gasteiger charge is 2.21. The van der Waals surface area contributed by atoms with Crippen LogP contribution >= 0.6 is 15.9 Å². The van der Waals surface area contributed by atoms with Crippen molar-refractivity contribution in [1.82, 2.24) is 4.90 Å². The van der Waals surface area contributed by atoms with E-state index in [-0.39, 0.29) is 29.0 Å². The molecule has 2 N–H and O–H groups in total. The van der Waals surface area contributed by atoms with Crippen molar-refractivity contribution < 1.29 is 15.0 Å². The van der Waals surface area contributed by atoms with Crippen LogP contribution in [0.5, 0.6) is 11.5 Å². The highest BCUT2D eigenvalue weighted by atomic mass is 79.9. The van der Waals surface area contributed by atoms with Gasteiger partial charge in [-0.25, -0.2) is 0 Å². The van der Waals surface area contributed by atoms with Gasteiger partial charge in [0, 0.05) is 17.9 Å². The minimum absolute atomic E-state index is 0.0294. The smallest absolute Gasteiger partial charge is 0.258 e. The third kappa shape index (κ3) is 3.36. The van der Waals surface area contributed by atoms with E-state index in [0.29, 0.717) is 11.9 Å². The fourth-order valence-electron chi connectivity index (χ4n) is 1.54. The number of phenols is 2. The molecule has 0 bridgehead atoms. The fourth-order valence-corrected chi connectivity index (χ4v) is 1.92. The Hall–Kier alpha value is -1.23. The molecule has 0 unspecified atom stereocenters. The lowest BCUT2D eigenvalue weighted by atomic mass is 10.1. The molecule has 1 rings (SSSR count). The average molecular weight is 302 g/mol. The molecule has 5 heteroatoms. The summed E-state index contributed by atoms with van der Waals surface area (Å²) in [5.74, 6) is -0.436. The second-order valence-corrected chi connectivity index (χ2v) is 4.78. The molecule has 4 nitrogen and oxygen atoms in total. The molecule has 0 aromatic heterocycles. The maximum atomic E-state index is 12.2. The van der Waals surface area contributed by atoms with Gasteiger partial charge in [-0.05, 0) is 32.0 Å². The highest BCUT2D eigenvalue weighted by molar-refractivity contribution is 9.09. The highest BCUT2D eigenvalue weighted by Crippen LogP contribution is 2.24. The van der Waals surface area contributed by atoms with Crippen LogP contribution in [0.1, 0.15) is 24.2 Å². The van der Waals surface area contributed by atoms with Crippen LogP contribution in [0, 0.1) is 0 Å². The molecule has 0 aliphatic rings. The zero-order valence-electron chi connectivity index (χ0n) is 9.85. The monoisotopic (exact) mass is 301 g/mol. The summed E-state index contributed by atoms with van der Waals surface area (Å²) in [6, 6.07) is 3.97. The van der Waals surface area contributed by atoms with Crippen molar-refractivity contribution >= 4 is 21.8 Å². The summed E-state index contributed by atoms with van der Waals surface area (Å²) in [4.78, 5) is 13.8. The van der Waals surface area contributed by atoms with Gasteiger partial charge in [-0.1, -0.05) is 15.9 Å². The Morgan fingerprint density at radius 3 is 2.59 bits per heavy atom. The molecular formula is C12H16BrNO3. The Labute approximate surface area is 109 Å². The first-order valence-corrected chi connectivity index (χ1v) is 6.48. The number of hydrogen-bond acceptors (Lipinski definition) is 3. The summed E-state index contributed by atoms with van der Waals surface area (Å²) in [7, 11) is 0. The van der Waals surface area contributed by atoms with E-state index in [2.05, 4.69) is 15.9 Å². The van der Waals surface area contributed by atoms with Gasteiger partial charge >= 0.3 is 0 Å². The quantitative estimate of drug-likeness (QED) is 0.663. The van der Waals surface area contributed by atoms with Gasteiger partial charge in [0.25, 0.3) is 5.91 Å². The molecule has 94 valence electrons. The number of benzene rings is 1. The van der Waals surface area contributed by atoms with E-state index in [0.717, 1.165) is 0 Å². The zero-order valence-corrected chi connectivity index (χ0v) is 11.4. The van der Waals surface area contributed by atoms with Crippen LogP contribution in [0.4, 0.5) is 0 Å². The van der Waals surface area contributed by atoms with Gasteiger partial charge in [-0.3, -0.25) is 4.79 Å². The number of nitrogens with zero attached hydrogens (tertiary/aromatic N) is 1. The average Bonchev–Trinajstić information content (AvgIpc) is 2.28. The predicted octanol–water partition coefficient (Wildman–Crippen LogP) is 2.34. The molecule has 0 saturated heterocycles. The van der Waals surface area contributed by atoms with E-state index >= 15 is 0 Å². The second kappa shape index (κ2) is 5.91. The lowest BCUT2D eigenvalue weighted by Crippen LogP contribution is -2.38. The van der Waals surface area contributed by atoms with Gasteiger partial charge in [0.2, 0.25) is 0 Å². The summed E-state index contributed by atoms with van der Waals surface area (Å²) in [6.07, 6.45) is 0. The number of halogens is 1. The number of amides is 1. The molecule has 0 spiro atoms. The van der Waals surface area contributed by atoms with E-state index in [9.17, 15) is 15.0 Å². The van der Waals surface area contributed by atoms with E-state index in [1.807, 2.05) is 13.8 Å². The van der Waals surface area contributed by atoms with E-state index in [4.69, 9.17) is 0 Å². The number of carbonyl (C=O) groups excluding carboxylic acids is 1. The van der Waals surface area contributed by atoms with E-state index in [1.165, 1.54) is 18.2 Å².